The van der Waals surface area contributed by atoms with Crippen LogP contribution in [0.5, 0.6) is 0 Å². The van der Waals surface area contributed by atoms with Gasteiger partial charge in [0.15, 0.2) is 0 Å². The standard InChI is InChI=1S/C17H19NO5/c1-11-9-23-14(7-15(19)20)16(11)17(21)18-8-12-4-3-5-13(6-12)10-22-2/h3-6,9H,7-8,10H2,1-2H3,(H,18,21)(H,19,20). The van der Waals surface area contributed by atoms with Crippen molar-refractivity contribution in [2.24, 2.45) is 0 Å². The Morgan fingerprint density at radius 1 is 1.30 bits per heavy atom. The fourth-order valence-corrected chi connectivity index (χ4v) is 2.34. The lowest BCUT2D eigenvalue weighted by molar-refractivity contribution is -0.136. The van der Waals surface area contributed by atoms with Crippen molar-refractivity contribution in [1.29, 1.82) is 0 Å². The second kappa shape index (κ2) is 7.60. The second-order valence-corrected chi connectivity index (χ2v) is 5.22. The van der Waals surface area contributed by atoms with Crippen molar-refractivity contribution in [3.8, 4) is 0 Å². The van der Waals surface area contributed by atoms with Gasteiger partial charge in [0.25, 0.3) is 5.91 Å². The van der Waals surface area contributed by atoms with Crippen molar-refractivity contribution in [1.82, 2.24) is 5.32 Å². The Labute approximate surface area is 134 Å². The molecule has 2 N–H and O–H groups in total. The van der Waals surface area contributed by atoms with Crippen LogP contribution in [0.15, 0.2) is 34.9 Å². The van der Waals surface area contributed by atoms with E-state index in [0.717, 1.165) is 11.1 Å². The number of hydrogen-bond acceptors (Lipinski definition) is 4. The number of hydrogen-bond donors (Lipinski definition) is 2. The molecule has 23 heavy (non-hydrogen) atoms. The smallest absolute Gasteiger partial charge is 0.311 e. The number of rotatable bonds is 7. The summed E-state index contributed by atoms with van der Waals surface area (Å²) in [6.45, 7) is 2.56. The van der Waals surface area contributed by atoms with Crippen LogP contribution in [0, 0.1) is 6.92 Å². The van der Waals surface area contributed by atoms with Crippen molar-refractivity contribution < 1.29 is 23.8 Å². The number of ether oxygens (including phenoxy) is 1. The zero-order valence-corrected chi connectivity index (χ0v) is 13.1. The Hall–Kier alpha value is -2.60. The topological polar surface area (TPSA) is 88.8 Å². The van der Waals surface area contributed by atoms with Crippen molar-refractivity contribution in [2.45, 2.75) is 26.5 Å². The molecule has 1 amide bonds. The molecule has 122 valence electrons. The van der Waals surface area contributed by atoms with E-state index in [0.29, 0.717) is 24.3 Å². The minimum atomic E-state index is -1.04. The van der Waals surface area contributed by atoms with Gasteiger partial charge >= 0.3 is 5.97 Å². The minimum Gasteiger partial charge on any atom is -0.481 e. The molecule has 0 radical (unpaired) electrons. The van der Waals surface area contributed by atoms with Crippen LogP contribution in [0.3, 0.4) is 0 Å². The van der Waals surface area contributed by atoms with Crippen LogP contribution in [0.4, 0.5) is 0 Å². The van der Waals surface area contributed by atoms with Gasteiger partial charge in [0.05, 0.1) is 18.4 Å². The Morgan fingerprint density at radius 3 is 2.74 bits per heavy atom. The molecule has 0 fully saturated rings. The van der Waals surface area contributed by atoms with Crippen LogP contribution in [-0.2, 0) is 29.1 Å². The maximum atomic E-state index is 12.3. The monoisotopic (exact) mass is 317 g/mol. The molecule has 0 atom stereocenters. The third-order valence-electron chi connectivity index (χ3n) is 3.35. The lowest BCUT2D eigenvalue weighted by atomic mass is 10.1. The maximum absolute atomic E-state index is 12.3. The molecule has 2 aromatic rings. The van der Waals surface area contributed by atoms with Crippen molar-refractivity contribution in [3.63, 3.8) is 0 Å². The van der Waals surface area contributed by atoms with Crippen LogP contribution < -0.4 is 5.32 Å². The first-order valence-corrected chi connectivity index (χ1v) is 7.15. The van der Waals surface area contributed by atoms with E-state index >= 15 is 0 Å². The molecule has 1 aromatic carbocycles. The predicted molar refractivity (Wildman–Crippen MR) is 83.1 cm³/mol. The molecular weight excluding hydrogens is 298 g/mol. The molecule has 0 aliphatic rings. The highest BCUT2D eigenvalue weighted by molar-refractivity contribution is 5.97. The van der Waals surface area contributed by atoms with Crippen LogP contribution in [-0.4, -0.2) is 24.1 Å². The third kappa shape index (κ3) is 4.43. The highest BCUT2D eigenvalue weighted by Crippen LogP contribution is 2.17. The molecule has 0 unspecified atom stereocenters. The lowest BCUT2D eigenvalue weighted by Crippen LogP contribution is -2.24. The molecule has 0 saturated heterocycles. The summed E-state index contributed by atoms with van der Waals surface area (Å²) >= 11 is 0. The summed E-state index contributed by atoms with van der Waals surface area (Å²) in [7, 11) is 1.63. The van der Waals surface area contributed by atoms with Crippen molar-refractivity contribution in [2.75, 3.05) is 7.11 Å². The quantitative estimate of drug-likeness (QED) is 0.818. The molecule has 0 bridgehead atoms. The SMILES string of the molecule is COCc1cccc(CNC(=O)c2c(C)coc2CC(=O)O)c1. The molecule has 6 heteroatoms. The molecule has 0 aliphatic heterocycles. The molecule has 1 aromatic heterocycles. The highest BCUT2D eigenvalue weighted by atomic mass is 16.5. The van der Waals surface area contributed by atoms with Gasteiger partial charge in [-0.2, -0.15) is 0 Å². The summed E-state index contributed by atoms with van der Waals surface area (Å²) in [5.74, 6) is -1.22. The lowest BCUT2D eigenvalue weighted by Gasteiger charge is -2.08. The Bertz CT molecular complexity index is 705. The first kappa shape index (κ1) is 16.8. The zero-order chi connectivity index (χ0) is 16.8. The van der Waals surface area contributed by atoms with Gasteiger partial charge in [-0.05, 0) is 18.1 Å². The number of carboxylic acids is 1. The van der Waals surface area contributed by atoms with Crippen LogP contribution in [0.1, 0.15) is 32.8 Å². The molecular formula is C17H19NO5. The van der Waals surface area contributed by atoms with Crippen LogP contribution >= 0.6 is 0 Å². The molecule has 0 spiro atoms. The van der Waals surface area contributed by atoms with Gasteiger partial charge in [0.2, 0.25) is 0 Å². The fourth-order valence-electron chi connectivity index (χ4n) is 2.34. The summed E-state index contributed by atoms with van der Waals surface area (Å²) in [4.78, 5) is 23.2. The Morgan fingerprint density at radius 2 is 2.04 bits per heavy atom. The average Bonchev–Trinajstić information content (AvgIpc) is 2.85. The third-order valence-corrected chi connectivity index (χ3v) is 3.35. The number of furan rings is 1. The van der Waals surface area contributed by atoms with E-state index in [4.69, 9.17) is 14.3 Å². The van der Waals surface area contributed by atoms with Gasteiger partial charge in [0, 0.05) is 19.2 Å². The van der Waals surface area contributed by atoms with Crippen molar-refractivity contribution >= 4 is 11.9 Å². The maximum Gasteiger partial charge on any atom is 0.311 e. The van der Waals surface area contributed by atoms with E-state index in [1.54, 1.807) is 14.0 Å². The molecule has 1 heterocycles. The zero-order valence-electron chi connectivity index (χ0n) is 13.1. The average molecular weight is 317 g/mol. The number of carbonyl (C=O) groups is 2. The number of aliphatic carboxylic acids is 1. The number of amides is 1. The molecule has 0 saturated carbocycles. The van der Waals surface area contributed by atoms with Crippen LogP contribution in [0.25, 0.3) is 0 Å². The van der Waals surface area contributed by atoms with Gasteiger partial charge in [-0.15, -0.1) is 0 Å². The number of methoxy groups -OCH3 is 1. The van der Waals surface area contributed by atoms with E-state index in [2.05, 4.69) is 5.32 Å². The summed E-state index contributed by atoms with van der Waals surface area (Å²) in [5.41, 5.74) is 2.87. The first-order valence-electron chi connectivity index (χ1n) is 7.15. The summed E-state index contributed by atoms with van der Waals surface area (Å²) in [6, 6.07) is 7.69. The summed E-state index contributed by atoms with van der Waals surface area (Å²) in [5, 5.41) is 11.7. The number of nitrogens with one attached hydrogen (secondary N) is 1. The van der Waals surface area contributed by atoms with E-state index < -0.39 is 5.97 Å². The first-order chi connectivity index (χ1) is 11.0. The molecule has 6 nitrogen and oxygen atoms in total. The molecule has 0 aliphatic carbocycles. The number of carbonyl (C=O) groups excluding carboxylic acids is 1. The van der Waals surface area contributed by atoms with E-state index in [-0.39, 0.29) is 18.1 Å². The number of aryl methyl sites for hydroxylation is 1. The predicted octanol–water partition coefficient (Wildman–Crippen LogP) is 2.29. The second-order valence-electron chi connectivity index (χ2n) is 5.22. The van der Waals surface area contributed by atoms with Crippen LogP contribution in [0.2, 0.25) is 0 Å². The Kier molecular flexibility index (Phi) is 5.54. The van der Waals surface area contributed by atoms with E-state index in [1.165, 1.54) is 6.26 Å². The van der Waals surface area contributed by atoms with E-state index in [1.807, 2.05) is 24.3 Å². The minimum absolute atomic E-state index is 0.167. The van der Waals surface area contributed by atoms with Gasteiger partial charge < -0.3 is 19.6 Å². The largest absolute Gasteiger partial charge is 0.481 e. The summed E-state index contributed by atoms with van der Waals surface area (Å²) < 4.78 is 10.3. The number of carboxylic acid groups (broad SMARTS) is 1. The fraction of sp³-hybridized carbons (Fsp3) is 0.294. The van der Waals surface area contributed by atoms with Gasteiger partial charge in [-0.3, -0.25) is 9.59 Å². The number of benzene rings is 1. The van der Waals surface area contributed by atoms with Gasteiger partial charge in [-0.1, -0.05) is 24.3 Å². The summed E-state index contributed by atoms with van der Waals surface area (Å²) in [6.07, 6.45) is 1.08. The van der Waals surface area contributed by atoms with Gasteiger partial charge in [0.1, 0.15) is 12.2 Å². The van der Waals surface area contributed by atoms with Gasteiger partial charge in [-0.25, -0.2) is 0 Å². The molecule has 2 rings (SSSR count). The van der Waals surface area contributed by atoms with Crippen molar-refractivity contribution in [3.05, 3.63) is 58.5 Å². The Balaban J connectivity index is 2.06. The van der Waals surface area contributed by atoms with E-state index in [9.17, 15) is 9.59 Å². The normalized spacial score (nSPS) is 10.5. The highest BCUT2D eigenvalue weighted by Gasteiger charge is 2.20.